The van der Waals surface area contributed by atoms with Gasteiger partial charge in [0.05, 0.1) is 17.7 Å². The molecule has 0 amide bonds. The Morgan fingerprint density at radius 1 is 1.10 bits per heavy atom. The van der Waals surface area contributed by atoms with Crippen molar-refractivity contribution in [3.8, 4) is 6.07 Å². The zero-order valence-electron chi connectivity index (χ0n) is 10.8. The molecular weight excluding hydrogens is 252 g/mol. The average molecular weight is 266 g/mol. The number of nitrogens with zero attached hydrogens (tertiary/aromatic N) is 1. The molecule has 2 aromatic carbocycles. The van der Waals surface area contributed by atoms with Crippen molar-refractivity contribution < 1.29 is 9.90 Å². The first kappa shape index (κ1) is 13.6. The third-order valence-corrected chi connectivity index (χ3v) is 2.91. The molecule has 0 fully saturated rings. The average Bonchev–Trinajstić information content (AvgIpc) is 2.46. The Morgan fingerprint density at radius 3 is 2.40 bits per heavy atom. The van der Waals surface area contributed by atoms with E-state index in [0.717, 1.165) is 16.8 Å². The first-order valence-electron chi connectivity index (χ1n) is 6.21. The number of hydrogen-bond donors (Lipinski definition) is 2. The summed E-state index contributed by atoms with van der Waals surface area (Å²) >= 11 is 0. The number of benzene rings is 2. The molecule has 0 saturated carbocycles. The predicted octanol–water partition coefficient (Wildman–Crippen LogP) is 2.80. The molecule has 0 heterocycles. The van der Waals surface area contributed by atoms with Crippen LogP contribution in [0.2, 0.25) is 0 Å². The van der Waals surface area contributed by atoms with Crippen molar-refractivity contribution in [1.29, 1.82) is 5.26 Å². The Bertz CT molecular complexity index is 642. The number of nitriles is 1. The Hall–Kier alpha value is -2.80. The smallest absolute Gasteiger partial charge is 0.307 e. The number of aliphatic carboxylic acids is 1. The Kier molecular flexibility index (Phi) is 4.35. The monoisotopic (exact) mass is 266 g/mol. The van der Waals surface area contributed by atoms with Crippen LogP contribution in [-0.2, 0) is 17.8 Å². The van der Waals surface area contributed by atoms with Gasteiger partial charge in [-0.15, -0.1) is 0 Å². The summed E-state index contributed by atoms with van der Waals surface area (Å²) in [5.41, 5.74) is 3.21. The summed E-state index contributed by atoms with van der Waals surface area (Å²) in [6.45, 7) is 0.589. The lowest BCUT2D eigenvalue weighted by Gasteiger charge is -2.08. The fraction of sp³-hybridized carbons (Fsp3) is 0.125. The first-order chi connectivity index (χ1) is 9.69. The Balaban J connectivity index is 2.01. The van der Waals surface area contributed by atoms with Gasteiger partial charge in [-0.25, -0.2) is 0 Å². The standard InChI is InChI=1S/C16H14N2O2/c17-10-14-3-1-2-4-15(14)18-11-13-7-5-12(6-8-13)9-16(19)20/h1-8,18H,9,11H2,(H,19,20). The van der Waals surface area contributed by atoms with E-state index in [1.807, 2.05) is 30.3 Å². The molecule has 0 aliphatic carbocycles. The zero-order valence-corrected chi connectivity index (χ0v) is 10.8. The summed E-state index contributed by atoms with van der Waals surface area (Å²) in [5, 5.41) is 20.9. The molecule has 0 bridgehead atoms. The van der Waals surface area contributed by atoms with Crippen molar-refractivity contribution in [2.45, 2.75) is 13.0 Å². The van der Waals surface area contributed by atoms with Crippen LogP contribution in [0.1, 0.15) is 16.7 Å². The summed E-state index contributed by atoms with van der Waals surface area (Å²) in [7, 11) is 0. The lowest BCUT2D eigenvalue weighted by atomic mass is 10.1. The number of carbonyl (C=O) groups is 1. The molecular formula is C16H14N2O2. The van der Waals surface area contributed by atoms with Gasteiger partial charge in [-0.05, 0) is 23.3 Å². The van der Waals surface area contributed by atoms with E-state index in [-0.39, 0.29) is 6.42 Å². The SMILES string of the molecule is N#Cc1ccccc1NCc1ccc(CC(=O)O)cc1. The second kappa shape index (κ2) is 6.39. The number of carboxylic acids is 1. The topological polar surface area (TPSA) is 73.1 Å². The van der Waals surface area contributed by atoms with Crippen molar-refractivity contribution in [3.05, 3.63) is 65.2 Å². The van der Waals surface area contributed by atoms with Crippen molar-refractivity contribution in [1.82, 2.24) is 0 Å². The molecule has 2 aromatic rings. The Morgan fingerprint density at radius 2 is 1.75 bits per heavy atom. The van der Waals surface area contributed by atoms with Crippen LogP contribution in [0.25, 0.3) is 0 Å². The second-order valence-electron chi connectivity index (χ2n) is 4.40. The van der Waals surface area contributed by atoms with Crippen molar-refractivity contribution in [2.75, 3.05) is 5.32 Å². The van der Waals surface area contributed by atoms with Gasteiger partial charge in [0.2, 0.25) is 0 Å². The lowest BCUT2D eigenvalue weighted by Crippen LogP contribution is -2.03. The molecule has 2 rings (SSSR count). The van der Waals surface area contributed by atoms with E-state index < -0.39 is 5.97 Å². The molecule has 4 nitrogen and oxygen atoms in total. The van der Waals surface area contributed by atoms with Gasteiger partial charge in [0.25, 0.3) is 0 Å². The van der Waals surface area contributed by atoms with Crippen LogP contribution in [0.15, 0.2) is 48.5 Å². The third-order valence-electron chi connectivity index (χ3n) is 2.91. The third kappa shape index (κ3) is 3.59. The van der Waals surface area contributed by atoms with Crippen LogP contribution < -0.4 is 5.32 Å². The van der Waals surface area contributed by atoms with E-state index in [2.05, 4.69) is 11.4 Å². The van der Waals surface area contributed by atoms with Crippen LogP contribution in [0.3, 0.4) is 0 Å². The van der Waals surface area contributed by atoms with Gasteiger partial charge >= 0.3 is 5.97 Å². The molecule has 0 radical (unpaired) electrons. The molecule has 0 aliphatic heterocycles. The molecule has 0 unspecified atom stereocenters. The van der Waals surface area contributed by atoms with Gasteiger partial charge in [-0.3, -0.25) is 4.79 Å². The molecule has 0 saturated heterocycles. The van der Waals surface area contributed by atoms with Gasteiger partial charge in [-0.1, -0.05) is 36.4 Å². The number of anilines is 1. The molecule has 100 valence electrons. The highest BCUT2D eigenvalue weighted by atomic mass is 16.4. The van der Waals surface area contributed by atoms with Gasteiger partial charge in [-0.2, -0.15) is 5.26 Å². The van der Waals surface area contributed by atoms with Crippen molar-refractivity contribution >= 4 is 11.7 Å². The van der Waals surface area contributed by atoms with Gasteiger partial charge in [0.15, 0.2) is 0 Å². The number of para-hydroxylation sites is 1. The maximum absolute atomic E-state index is 10.6. The summed E-state index contributed by atoms with van der Waals surface area (Å²) in [4.78, 5) is 10.6. The zero-order chi connectivity index (χ0) is 14.4. The maximum Gasteiger partial charge on any atom is 0.307 e. The summed E-state index contributed by atoms with van der Waals surface area (Å²) in [6.07, 6.45) is 0.0327. The molecule has 4 heteroatoms. The van der Waals surface area contributed by atoms with Crippen LogP contribution in [0.4, 0.5) is 5.69 Å². The summed E-state index contributed by atoms with van der Waals surface area (Å²) in [6, 6.07) is 16.8. The van der Waals surface area contributed by atoms with Gasteiger partial charge in [0.1, 0.15) is 6.07 Å². The number of hydrogen-bond acceptors (Lipinski definition) is 3. The van der Waals surface area contributed by atoms with Crippen LogP contribution in [-0.4, -0.2) is 11.1 Å². The molecule has 20 heavy (non-hydrogen) atoms. The minimum absolute atomic E-state index is 0.0327. The number of nitrogens with one attached hydrogen (secondary N) is 1. The van der Waals surface area contributed by atoms with E-state index in [9.17, 15) is 4.79 Å². The minimum atomic E-state index is -0.834. The summed E-state index contributed by atoms with van der Waals surface area (Å²) in [5.74, 6) is -0.834. The fourth-order valence-corrected chi connectivity index (χ4v) is 1.88. The number of carboxylic acid groups (broad SMARTS) is 1. The second-order valence-corrected chi connectivity index (χ2v) is 4.40. The van der Waals surface area contributed by atoms with Crippen LogP contribution in [0.5, 0.6) is 0 Å². The van der Waals surface area contributed by atoms with E-state index in [1.165, 1.54) is 0 Å². The predicted molar refractivity (Wildman–Crippen MR) is 76.3 cm³/mol. The van der Waals surface area contributed by atoms with Crippen molar-refractivity contribution in [3.63, 3.8) is 0 Å². The van der Waals surface area contributed by atoms with Gasteiger partial charge in [0, 0.05) is 6.54 Å². The molecule has 0 aromatic heterocycles. The lowest BCUT2D eigenvalue weighted by molar-refractivity contribution is -0.136. The van der Waals surface area contributed by atoms with E-state index in [0.29, 0.717) is 12.1 Å². The quantitative estimate of drug-likeness (QED) is 0.872. The van der Waals surface area contributed by atoms with Crippen LogP contribution in [0, 0.1) is 11.3 Å². The molecule has 0 spiro atoms. The normalized spacial score (nSPS) is 9.75. The van der Waals surface area contributed by atoms with Gasteiger partial charge < -0.3 is 10.4 Å². The Labute approximate surface area is 117 Å². The van der Waals surface area contributed by atoms with E-state index in [4.69, 9.17) is 10.4 Å². The highest BCUT2D eigenvalue weighted by molar-refractivity contribution is 5.70. The summed E-state index contributed by atoms with van der Waals surface area (Å²) < 4.78 is 0. The van der Waals surface area contributed by atoms with E-state index in [1.54, 1.807) is 18.2 Å². The maximum atomic E-state index is 10.6. The molecule has 0 atom stereocenters. The van der Waals surface area contributed by atoms with E-state index >= 15 is 0 Å². The highest BCUT2D eigenvalue weighted by Crippen LogP contribution is 2.15. The van der Waals surface area contributed by atoms with Crippen molar-refractivity contribution in [2.24, 2.45) is 0 Å². The molecule has 0 aliphatic rings. The minimum Gasteiger partial charge on any atom is -0.481 e. The van der Waals surface area contributed by atoms with Crippen LogP contribution >= 0.6 is 0 Å². The fourth-order valence-electron chi connectivity index (χ4n) is 1.88. The first-order valence-corrected chi connectivity index (χ1v) is 6.21. The largest absolute Gasteiger partial charge is 0.481 e. The molecule has 2 N–H and O–H groups in total. The highest BCUT2D eigenvalue weighted by Gasteiger charge is 2.02. The number of rotatable bonds is 5.